The van der Waals surface area contributed by atoms with E-state index in [9.17, 15) is 13.2 Å². The van der Waals surface area contributed by atoms with Crippen LogP contribution in [0.25, 0.3) is 0 Å². The first kappa shape index (κ1) is 21.2. The lowest BCUT2D eigenvalue weighted by atomic mass is 10.1. The Balaban J connectivity index is 1.97. The summed E-state index contributed by atoms with van der Waals surface area (Å²) in [5.41, 5.74) is 0.982. The van der Waals surface area contributed by atoms with Gasteiger partial charge in [0, 0.05) is 6.04 Å². The third-order valence-corrected chi connectivity index (χ3v) is 5.59. The molecule has 1 atom stereocenters. The molecule has 27 heavy (non-hydrogen) atoms. The monoisotopic (exact) mass is 410 g/mol. The Kier molecular flexibility index (Phi) is 7.24. The number of hydrogen-bond acceptors (Lipinski definition) is 4. The smallest absolute Gasteiger partial charge is 0.258 e. The van der Waals surface area contributed by atoms with E-state index in [-0.39, 0.29) is 40.3 Å². The van der Waals surface area contributed by atoms with E-state index in [1.54, 1.807) is 13.8 Å². The minimum atomic E-state index is -3.65. The fraction of sp³-hybridized carbons (Fsp3) is 0.316. The second-order valence-corrected chi connectivity index (χ2v) is 8.48. The molecule has 0 saturated heterocycles. The Morgan fingerprint density at radius 2 is 1.78 bits per heavy atom. The standard InChI is InChI=1S/C19H23ClN2O4S/c1-13(2)22-27(24,25)16-9-10-18(17(20)11-16)26-12-19(23)21-14(3)15-7-5-4-6-8-15/h4-11,13-14,22H,12H2,1-3H3,(H,21,23)/t14-/m1/s1. The molecular weight excluding hydrogens is 388 g/mol. The molecule has 0 radical (unpaired) electrons. The first-order valence-electron chi connectivity index (χ1n) is 8.48. The molecule has 0 unspecified atom stereocenters. The predicted molar refractivity (Wildman–Crippen MR) is 105 cm³/mol. The normalized spacial score (nSPS) is 12.6. The maximum absolute atomic E-state index is 12.2. The Hall–Kier alpha value is -2.09. The van der Waals surface area contributed by atoms with Crippen molar-refractivity contribution in [3.63, 3.8) is 0 Å². The van der Waals surface area contributed by atoms with Gasteiger partial charge in [-0.1, -0.05) is 41.9 Å². The Morgan fingerprint density at radius 3 is 2.37 bits per heavy atom. The fourth-order valence-electron chi connectivity index (χ4n) is 2.40. The zero-order chi connectivity index (χ0) is 20.0. The van der Waals surface area contributed by atoms with Crippen LogP contribution in [0.5, 0.6) is 5.75 Å². The number of carbonyl (C=O) groups is 1. The third-order valence-electron chi connectivity index (χ3n) is 3.64. The van der Waals surface area contributed by atoms with Crippen LogP contribution in [0.4, 0.5) is 0 Å². The van der Waals surface area contributed by atoms with Crippen molar-refractivity contribution in [1.29, 1.82) is 0 Å². The summed E-state index contributed by atoms with van der Waals surface area (Å²) in [6.07, 6.45) is 0. The van der Waals surface area contributed by atoms with E-state index in [2.05, 4.69) is 10.0 Å². The first-order valence-corrected chi connectivity index (χ1v) is 10.3. The SMILES string of the molecule is CC(C)NS(=O)(=O)c1ccc(OCC(=O)N[C@H](C)c2ccccc2)c(Cl)c1. The molecule has 1 amide bonds. The van der Waals surface area contributed by atoms with E-state index in [4.69, 9.17) is 16.3 Å². The summed E-state index contributed by atoms with van der Waals surface area (Å²) >= 11 is 6.11. The van der Waals surface area contributed by atoms with E-state index in [0.717, 1.165) is 5.56 Å². The lowest BCUT2D eigenvalue weighted by Gasteiger charge is -2.15. The van der Waals surface area contributed by atoms with Gasteiger partial charge in [0.05, 0.1) is 16.0 Å². The molecule has 2 aromatic carbocycles. The van der Waals surface area contributed by atoms with Crippen molar-refractivity contribution < 1.29 is 17.9 Å². The van der Waals surface area contributed by atoms with E-state index in [1.807, 2.05) is 37.3 Å². The number of benzene rings is 2. The number of sulfonamides is 1. The van der Waals surface area contributed by atoms with Crippen LogP contribution in [0, 0.1) is 0 Å². The summed E-state index contributed by atoms with van der Waals surface area (Å²) in [6.45, 7) is 5.10. The van der Waals surface area contributed by atoms with Crippen LogP contribution in [0.15, 0.2) is 53.4 Å². The van der Waals surface area contributed by atoms with Crippen molar-refractivity contribution in [2.75, 3.05) is 6.61 Å². The topological polar surface area (TPSA) is 84.5 Å². The summed E-state index contributed by atoms with van der Waals surface area (Å²) in [7, 11) is -3.65. The summed E-state index contributed by atoms with van der Waals surface area (Å²) < 4.78 is 32.2. The van der Waals surface area contributed by atoms with Crippen molar-refractivity contribution >= 4 is 27.5 Å². The number of nitrogens with one attached hydrogen (secondary N) is 2. The fourth-order valence-corrected chi connectivity index (χ4v) is 3.97. The molecule has 0 heterocycles. The largest absolute Gasteiger partial charge is 0.482 e. The quantitative estimate of drug-likeness (QED) is 0.699. The van der Waals surface area contributed by atoms with Gasteiger partial charge in [-0.2, -0.15) is 0 Å². The zero-order valence-electron chi connectivity index (χ0n) is 15.4. The average molecular weight is 411 g/mol. The van der Waals surface area contributed by atoms with Crippen LogP contribution in [0.1, 0.15) is 32.4 Å². The Morgan fingerprint density at radius 1 is 1.11 bits per heavy atom. The van der Waals surface area contributed by atoms with Crippen LogP contribution < -0.4 is 14.8 Å². The van der Waals surface area contributed by atoms with Crippen LogP contribution in [-0.4, -0.2) is 27.0 Å². The molecule has 0 aromatic heterocycles. The van der Waals surface area contributed by atoms with Crippen molar-refractivity contribution in [3.05, 3.63) is 59.1 Å². The highest BCUT2D eigenvalue weighted by Crippen LogP contribution is 2.27. The Bertz CT molecular complexity index is 886. The number of amides is 1. The molecule has 2 aromatic rings. The van der Waals surface area contributed by atoms with Gasteiger partial charge in [-0.25, -0.2) is 13.1 Å². The van der Waals surface area contributed by atoms with Crippen LogP contribution in [0.3, 0.4) is 0 Å². The maximum atomic E-state index is 12.2. The van der Waals surface area contributed by atoms with Gasteiger partial charge >= 0.3 is 0 Å². The Labute approximate surface area is 164 Å². The summed E-state index contributed by atoms with van der Waals surface area (Å²) in [4.78, 5) is 12.1. The van der Waals surface area contributed by atoms with Crippen LogP contribution >= 0.6 is 11.6 Å². The van der Waals surface area contributed by atoms with Crippen LogP contribution in [-0.2, 0) is 14.8 Å². The molecule has 0 spiro atoms. The highest BCUT2D eigenvalue weighted by molar-refractivity contribution is 7.89. The molecule has 0 fully saturated rings. The minimum Gasteiger partial charge on any atom is -0.482 e. The van der Waals surface area contributed by atoms with Gasteiger partial charge < -0.3 is 10.1 Å². The van der Waals surface area contributed by atoms with Gasteiger partial charge in [0.1, 0.15) is 5.75 Å². The van der Waals surface area contributed by atoms with Gasteiger partial charge in [-0.3, -0.25) is 4.79 Å². The summed E-state index contributed by atoms with van der Waals surface area (Å²) in [5.74, 6) is -0.0664. The molecule has 2 rings (SSSR count). The second kappa shape index (κ2) is 9.21. The molecule has 0 aliphatic rings. The lowest BCUT2D eigenvalue weighted by Crippen LogP contribution is -2.31. The molecule has 2 N–H and O–H groups in total. The van der Waals surface area contributed by atoms with Crippen molar-refractivity contribution in [2.45, 2.75) is 37.8 Å². The molecule has 6 nitrogen and oxygen atoms in total. The number of rotatable bonds is 8. The van der Waals surface area contributed by atoms with Gasteiger partial charge in [0.25, 0.3) is 5.91 Å². The van der Waals surface area contributed by atoms with E-state index in [1.165, 1.54) is 18.2 Å². The van der Waals surface area contributed by atoms with Gasteiger partial charge in [0.2, 0.25) is 10.0 Å². The number of ether oxygens (including phenoxy) is 1. The third kappa shape index (κ3) is 6.23. The summed E-state index contributed by atoms with van der Waals surface area (Å²) in [6, 6.07) is 13.3. The molecular formula is C19H23ClN2O4S. The van der Waals surface area contributed by atoms with Crippen molar-refractivity contribution in [3.8, 4) is 5.75 Å². The van der Waals surface area contributed by atoms with Gasteiger partial charge in [-0.05, 0) is 44.5 Å². The molecule has 8 heteroatoms. The second-order valence-electron chi connectivity index (χ2n) is 6.36. The molecule has 0 aliphatic carbocycles. The van der Waals surface area contributed by atoms with E-state index < -0.39 is 10.0 Å². The molecule has 0 saturated carbocycles. The molecule has 0 bridgehead atoms. The van der Waals surface area contributed by atoms with E-state index in [0.29, 0.717) is 0 Å². The molecule has 0 aliphatic heterocycles. The number of carbonyl (C=O) groups excluding carboxylic acids is 1. The summed E-state index contributed by atoms with van der Waals surface area (Å²) in [5, 5.41) is 2.95. The number of halogens is 1. The lowest BCUT2D eigenvalue weighted by molar-refractivity contribution is -0.123. The average Bonchev–Trinajstić information content (AvgIpc) is 2.60. The highest BCUT2D eigenvalue weighted by atomic mass is 35.5. The van der Waals surface area contributed by atoms with Crippen molar-refractivity contribution in [1.82, 2.24) is 10.0 Å². The zero-order valence-corrected chi connectivity index (χ0v) is 17.0. The van der Waals surface area contributed by atoms with Gasteiger partial charge in [-0.15, -0.1) is 0 Å². The minimum absolute atomic E-state index is 0.0377. The number of hydrogen-bond donors (Lipinski definition) is 2. The highest BCUT2D eigenvalue weighted by Gasteiger charge is 2.18. The molecule has 146 valence electrons. The van der Waals surface area contributed by atoms with Gasteiger partial charge in [0.15, 0.2) is 6.61 Å². The first-order chi connectivity index (χ1) is 12.7. The predicted octanol–water partition coefficient (Wildman–Crippen LogP) is 3.28. The maximum Gasteiger partial charge on any atom is 0.258 e. The van der Waals surface area contributed by atoms with Crippen LogP contribution in [0.2, 0.25) is 5.02 Å². The van der Waals surface area contributed by atoms with Crippen molar-refractivity contribution in [2.24, 2.45) is 0 Å². The van der Waals surface area contributed by atoms with E-state index >= 15 is 0 Å².